The number of amides is 1. The van der Waals surface area contributed by atoms with Crippen molar-refractivity contribution in [3.05, 3.63) is 81.0 Å². The molecule has 0 aliphatic heterocycles. The van der Waals surface area contributed by atoms with Crippen LogP contribution in [0.25, 0.3) is 6.08 Å². The van der Waals surface area contributed by atoms with Crippen LogP contribution in [0, 0.1) is 5.82 Å². The number of hydrogen-bond donors (Lipinski definition) is 0. The first-order valence-electron chi connectivity index (χ1n) is 8.06. The summed E-state index contributed by atoms with van der Waals surface area (Å²) in [6.07, 6.45) is 6.13. The van der Waals surface area contributed by atoms with Gasteiger partial charge in [0, 0.05) is 24.2 Å². The number of nitrogens with zero attached hydrogens (tertiary/aromatic N) is 2. The highest BCUT2D eigenvalue weighted by Gasteiger charge is 2.09. The molecule has 3 rings (SSSR count). The van der Waals surface area contributed by atoms with E-state index in [0.717, 1.165) is 8.66 Å². The third kappa shape index (κ3) is 5.48. The number of thiophene rings is 1. The van der Waals surface area contributed by atoms with Crippen LogP contribution in [0.4, 0.5) is 4.39 Å². The minimum atomic E-state index is -0.509. The molecule has 0 aliphatic rings. The second-order valence-electron chi connectivity index (χ2n) is 5.71. The molecule has 0 saturated heterocycles. The van der Waals surface area contributed by atoms with Gasteiger partial charge >= 0.3 is 0 Å². The summed E-state index contributed by atoms with van der Waals surface area (Å²) in [5, 5.41) is 0. The van der Waals surface area contributed by atoms with Crippen molar-refractivity contribution in [2.75, 3.05) is 7.05 Å². The lowest BCUT2D eigenvalue weighted by Crippen LogP contribution is -2.23. The predicted octanol–water partition coefficient (Wildman–Crippen LogP) is 5.51. The summed E-state index contributed by atoms with van der Waals surface area (Å²) in [5.41, 5.74) is 0.576. The summed E-state index contributed by atoms with van der Waals surface area (Å²) in [5.74, 6) is -0.107. The Kier molecular flexibility index (Phi) is 6.36. The van der Waals surface area contributed by atoms with Gasteiger partial charge in [-0.3, -0.25) is 9.78 Å². The molecule has 0 aliphatic carbocycles. The lowest BCUT2D eigenvalue weighted by molar-refractivity contribution is -0.125. The van der Waals surface area contributed by atoms with Gasteiger partial charge < -0.3 is 9.64 Å². The quantitative estimate of drug-likeness (QED) is 0.468. The van der Waals surface area contributed by atoms with Crippen molar-refractivity contribution >= 4 is 39.2 Å². The number of ether oxygens (including phenoxy) is 1. The van der Waals surface area contributed by atoms with Crippen molar-refractivity contribution < 1.29 is 13.9 Å². The third-order valence-corrected chi connectivity index (χ3v) is 5.24. The summed E-state index contributed by atoms with van der Waals surface area (Å²) in [4.78, 5) is 18.8. The zero-order valence-corrected chi connectivity index (χ0v) is 16.8. The second-order valence-corrected chi connectivity index (χ2v) is 8.26. The molecule has 1 aromatic carbocycles. The van der Waals surface area contributed by atoms with Crippen LogP contribution in [-0.4, -0.2) is 22.8 Å². The van der Waals surface area contributed by atoms with Gasteiger partial charge in [-0.25, -0.2) is 4.39 Å². The molecule has 0 fully saturated rings. The van der Waals surface area contributed by atoms with E-state index in [-0.39, 0.29) is 11.7 Å². The fourth-order valence-corrected chi connectivity index (χ4v) is 3.82. The Morgan fingerprint density at radius 1 is 1.33 bits per heavy atom. The van der Waals surface area contributed by atoms with Crippen molar-refractivity contribution in [3.63, 3.8) is 0 Å². The second kappa shape index (κ2) is 8.92. The van der Waals surface area contributed by atoms with Gasteiger partial charge in [0.1, 0.15) is 5.75 Å². The largest absolute Gasteiger partial charge is 0.453 e. The van der Waals surface area contributed by atoms with E-state index in [0.29, 0.717) is 17.9 Å². The first kappa shape index (κ1) is 19.3. The minimum Gasteiger partial charge on any atom is -0.453 e. The summed E-state index contributed by atoms with van der Waals surface area (Å²) in [6, 6.07) is 11.9. The molecule has 27 heavy (non-hydrogen) atoms. The van der Waals surface area contributed by atoms with Gasteiger partial charge in [-0.05, 0) is 64.0 Å². The monoisotopic (exact) mass is 446 g/mol. The van der Waals surface area contributed by atoms with Crippen LogP contribution in [0.5, 0.6) is 11.5 Å². The van der Waals surface area contributed by atoms with E-state index in [2.05, 4.69) is 20.9 Å². The lowest BCUT2D eigenvalue weighted by atomic mass is 10.2. The fraction of sp³-hybridized carbons (Fsp3) is 0.100. The van der Waals surface area contributed by atoms with Crippen LogP contribution >= 0.6 is 27.3 Å². The van der Waals surface area contributed by atoms with Gasteiger partial charge in [-0.15, -0.1) is 11.3 Å². The Hall–Kier alpha value is -2.51. The van der Waals surface area contributed by atoms with Crippen LogP contribution in [0.15, 0.2) is 64.7 Å². The first-order chi connectivity index (χ1) is 13.0. The van der Waals surface area contributed by atoms with E-state index in [1.807, 2.05) is 12.1 Å². The lowest BCUT2D eigenvalue weighted by Gasteiger charge is -2.13. The average Bonchev–Trinajstić information content (AvgIpc) is 3.07. The summed E-state index contributed by atoms with van der Waals surface area (Å²) >= 11 is 4.99. The van der Waals surface area contributed by atoms with Gasteiger partial charge in [-0.1, -0.05) is 6.07 Å². The maximum atomic E-state index is 14.2. The molecule has 0 bridgehead atoms. The van der Waals surface area contributed by atoms with Crippen molar-refractivity contribution in [2.45, 2.75) is 6.54 Å². The van der Waals surface area contributed by atoms with Crippen LogP contribution in [0.3, 0.4) is 0 Å². The van der Waals surface area contributed by atoms with E-state index < -0.39 is 5.82 Å². The number of pyridine rings is 1. The topological polar surface area (TPSA) is 42.4 Å². The molecule has 1 amide bonds. The minimum absolute atomic E-state index is 0.104. The molecular formula is C20H16BrFN2O2S. The Balaban J connectivity index is 1.62. The molecule has 0 atom stereocenters. The molecule has 0 saturated carbocycles. The molecule has 138 valence electrons. The van der Waals surface area contributed by atoms with Crippen LogP contribution in [0.2, 0.25) is 0 Å². The number of hydrogen-bond acceptors (Lipinski definition) is 4. The smallest absolute Gasteiger partial charge is 0.246 e. The predicted molar refractivity (Wildman–Crippen MR) is 108 cm³/mol. The van der Waals surface area contributed by atoms with Crippen molar-refractivity contribution in [3.8, 4) is 11.5 Å². The average molecular weight is 447 g/mol. The number of likely N-dealkylation sites (N-methyl/N-ethyl adjacent to an activating group) is 1. The van der Waals surface area contributed by atoms with Crippen LogP contribution in [-0.2, 0) is 11.3 Å². The Bertz CT molecular complexity index is 960. The molecule has 0 radical (unpaired) electrons. The number of halogens is 2. The Labute approximate surface area is 169 Å². The Morgan fingerprint density at radius 2 is 2.19 bits per heavy atom. The third-order valence-electron chi connectivity index (χ3n) is 3.63. The van der Waals surface area contributed by atoms with Crippen molar-refractivity contribution in [1.29, 1.82) is 0 Å². The molecule has 0 N–H and O–H groups in total. The summed E-state index contributed by atoms with van der Waals surface area (Å²) < 4.78 is 20.7. The number of carbonyl (C=O) groups is 1. The van der Waals surface area contributed by atoms with Crippen LogP contribution in [0.1, 0.15) is 10.4 Å². The number of benzene rings is 1. The number of rotatable bonds is 6. The van der Waals surface area contributed by atoms with E-state index in [1.165, 1.54) is 24.4 Å². The van der Waals surface area contributed by atoms with E-state index in [4.69, 9.17) is 4.74 Å². The van der Waals surface area contributed by atoms with E-state index in [9.17, 15) is 9.18 Å². The maximum Gasteiger partial charge on any atom is 0.246 e. The molecule has 2 aromatic heterocycles. The number of carbonyl (C=O) groups excluding carboxylic acids is 1. The van der Waals surface area contributed by atoms with Crippen LogP contribution < -0.4 is 4.74 Å². The molecule has 0 spiro atoms. The highest BCUT2D eigenvalue weighted by molar-refractivity contribution is 9.11. The van der Waals surface area contributed by atoms with E-state index in [1.54, 1.807) is 53.8 Å². The SMILES string of the molecule is CN(Cc1ccc(Br)s1)C(=O)/C=C/c1ccc(Oc2cccnc2)c(F)c1. The summed E-state index contributed by atoms with van der Waals surface area (Å²) in [6.45, 7) is 0.520. The molecule has 0 unspecified atom stereocenters. The number of aromatic nitrogens is 1. The van der Waals surface area contributed by atoms with E-state index >= 15 is 0 Å². The zero-order chi connectivity index (χ0) is 19.2. The Morgan fingerprint density at radius 3 is 2.85 bits per heavy atom. The maximum absolute atomic E-state index is 14.2. The van der Waals surface area contributed by atoms with Gasteiger partial charge in [0.2, 0.25) is 5.91 Å². The molecule has 3 aromatic rings. The fourth-order valence-electron chi connectivity index (χ4n) is 2.28. The highest BCUT2D eigenvalue weighted by atomic mass is 79.9. The molecule has 7 heteroatoms. The van der Waals surface area contributed by atoms with Gasteiger partial charge in [0.15, 0.2) is 11.6 Å². The molecule has 2 heterocycles. The standard InChI is InChI=1S/C20H16BrFN2O2S/c1-24(13-16-6-8-19(21)27-16)20(25)9-5-14-4-7-18(17(22)11-14)26-15-3-2-10-23-12-15/h2-12H,13H2,1H3/b9-5+. The molecular weight excluding hydrogens is 431 g/mol. The highest BCUT2D eigenvalue weighted by Crippen LogP contribution is 2.25. The normalized spacial score (nSPS) is 10.9. The van der Waals surface area contributed by atoms with Gasteiger partial charge in [0.05, 0.1) is 16.5 Å². The summed E-state index contributed by atoms with van der Waals surface area (Å²) in [7, 11) is 1.73. The van der Waals surface area contributed by atoms with Gasteiger partial charge in [0.25, 0.3) is 0 Å². The van der Waals surface area contributed by atoms with Gasteiger partial charge in [-0.2, -0.15) is 0 Å². The van der Waals surface area contributed by atoms with Crippen molar-refractivity contribution in [2.24, 2.45) is 0 Å². The first-order valence-corrected chi connectivity index (χ1v) is 9.67. The zero-order valence-electron chi connectivity index (χ0n) is 14.4. The molecule has 4 nitrogen and oxygen atoms in total. The van der Waals surface area contributed by atoms with Crippen molar-refractivity contribution in [1.82, 2.24) is 9.88 Å².